The third kappa shape index (κ3) is 3.96. The van der Waals surface area contributed by atoms with Crippen LogP contribution in [0.15, 0.2) is 42.5 Å². The van der Waals surface area contributed by atoms with Crippen LogP contribution in [0.1, 0.15) is 11.1 Å². The van der Waals surface area contributed by atoms with Gasteiger partial charge in [-0.3, -0.25) is 0 Å². The first kappa shape index (κ1) is 13.4. The average Bonchev–Trinajstić information content (AvgIpc) is 2.38. The van der Waals surface area contributed by atoms with E-state index in [0.717, 1.165) is 16.9 Å². The molecule has 0 aliphatic rings. The van der Waals surface area contributed by atoms with Crippen LogP contribution in [0.25, 0.3) is 0 Å². The summed E-state index contributed by atoms with van der Waals surface area (Å²) in [6.07, 6.45) is 0. The van der Waals surface area contributed by atoms with Gasteiger partial charge in [-0.2, -0.15) is 0 Å². The van der Waals surface area contributed by atoms with Crippen molar-refractivity contribution in [3.05, 3.63) is 59.4 Å². The van der Waals surface area contributed by atoms with E-state index in [-0.39, 0.29) is 5.82 Å². The molecule has 0 amide bonds. The van der Waals surface area contributed by atoms with Gasteiger partial charge in [0.15, 0.2) is 0 Å². The van der Waals surface area contributed by atoms with Gasteiger partial charge in [0.05, 0.1) is 20.3 Å². The van der Waals surface area contributed by atoms with Crippen LogP contribution in [0.3, 0.4) is 0 Å². The number of anilines is 1. The molecule has 0 bridgehead atoms. The molecular weight excluding hydrogens is 245 g/mol. The monoisotopic (exact) mass is 261 g/mol. The van der Waals surface area contributed by atoms with Gasteiger partial charge in [0.1, 0.15) is 11.6 Å². The second-order valence-corrected chi connectivity index (χ2v) is 4.23. The maximum Gasteiger partial charge on any atom is 0.125 e. The maximum atomic E-state index is 13.1. The molecule has 0 fully saturated rings. The SMILES string of the molecule is COc1ccc(COCc2cc(N)cc(F)c2)cc1. The lowest BCUT2D eigenvalue weighted by Gasteiger charge is -2.06. The molecular formula is C15H16FNO2. The predicted molar refractivity (Wildman–Crippen MR) is 72.3 cm³/mol. The first-order valence-corrected chi connectivity index (χ1v) is 5.93. The molecule has 0 saturated carbocycles. The van der Waals surface area contributed by atoms with Crippen LogP contribution in [0.5, 0.6) is 5.75 Å². The minimum atomic E-state index is -0.344. The van der Waals surface area contributed by atoms with Gasteiger partial charge in [0.2, 0.25) is 0 Å². The molecule has 100 valence electrons. The number of hydrogen-bond acceptors (Lipinski definition) is 3. The van der Waals surface area contributed by atoms with Crippen molar-refractivity contribution in [3.8, 4) is 5.75 Å². The highest BCUT2D eigenvalue weighted by Gasteiger charge is 2.00. The molecule has 2 N–H and O–H groups in total. The van der Waals surface area contributed by atoms with Crippen LogP contribution in [0.4, 0.5) is 10.1 Å². The van der Waals surface area contributed by atoms with E-state index in [2.05, 4.69) is 0 Å². The van der Waals surface area contributed by atoms with Crippen LogP contribution >= 0.6 is 0 Å². The van der Waals surface area contributed by atoms with Crippen LogP contribution in [-0.2, 0) is 18.0 Å². The Balaban J connectivity index is 1.88. The fourth-order valence-electron chi connectivity index (χ4n) is 1.77. The van der Waals surface area contributed by atoms with Gasteiger partial charge in [-0.05, 0) is 41.5 Å². The number of hydrogen-bond donors (Lipinski definition) is 1. The van der Waals surface area contributed by atoms with Crippen molar-refractivity contribution in [1.29, 1.82) is 0 Å². The highest BCUT2D eigenvalue weighted by Crippen LogP contribution is 2.14. The molecule has 0 aliphatic carbocycles. The molecule has 0 radical (unpaired) electrons. The largest absolute Gasteiger partial charge is 0.497 e. The van der Waals surface area contributed by atoms with Crippen molar-refractivity contribution in [3.63, 3.8) is 0 Å². The van der Waals surface area contributed by atoms with Gasteiger partial charge in [-0.25, -0.2) is 4.39 Å². The molecule has 0 aromatic heterocycles. The van der Waals surface area contributed by atoms with Crippen molar-refractivity contribution in [2.24, 2.45) is 0 Å². The standard InChI is InChI=1S/C15H16FNO2/c1-18-15-4-2-11(3-5-15)9-19-10-12-6-13(16)8-14(17)7-12/h2-8H,9-10,17H2,1H3. The first-order chi connectivity index (χ1) is 9.17. The number of benzene rings is 2. The molecule has 3 nitrogen and oxygen atoms in total. The van der Waals surface area contributed by atoms with Crippen LogP contribution in [-0.4, -0.2) is 7.11 Å². The molecule has 0 spiro atoms. The summed E-state index contributed by atoms with van der Waals surface area (Å²) >= 11 is 0. The van der Waals surface area contributed by atoms with Crippen LogP contribution < -0.4 is 10.5 Å². The Hall–Kier alpha value is -2.07. The number of methoxy groups -OCH3 is 1. The van der Waals surface area contributed by atoms with Crippen LogP contribution in [0, 0.1) is 5.82 Å². The summed E-state index contributed by atoms with van der Waals surface area (Å²) in [5.74, 6) is 0.463. The zero-order valence-electron chi connectivity index (χ0n) is 10.7. The van der Waals surface area contributed by atoms with Gasteiger partial charge < -0.3 is 15.2 Å². The number of nitrogen functional groups attached to an aromatic ring is 1. The topological polar surface area (TPSA) is 44.5 Å². The highest BCUT2D eigenvalue weighted by atomic mass is 19.1. The Morgan fingerprint density at radius 3 is 2.32 bits per heavy atom. The van der Waals surface area contributed by atoms with E-state index in [1.165, 1.54) is 12.1 Å². The number of ether oxygens (including phenoxy) is 2. The van der Waals surface area contributed by atoms with Gasteiger partial charge in [-0.1, -0.05) is 12.1 Å². The number of nitrogens with two attached hydrogens (primary N) is 1. The highest BCUT2D eigenvalue weighted by molar-refractivity contribution is 5.41. The lowest BCUT2D eigenvalue weighted by atomic mass is 10.2. The normalized spacial score (nSPS) is 10.4. The van der Waals surface area contributed by atoms with E-state index in [9.17, 15) is 4.39 Å². The molecule has 0 unspecified atom stereocenters. The van der Waals surface area contributed by atoms with E-state index in [0.29, 0.717) is 18.9 Å². The van der Waals surface area contributed by atoms with E-state index in [1.54, 1.807) is 13.2 Å². The quantitative estimate of drug-likeness (QED) is 0.841. The Morgan fingerprint density at radius 2 is 1.68 bits per heavy atom. The molecule has 0 atom stereocenters. The van der Waals surface area contributed by atoms with E-state index in [1.807, 2.05) is 24.3 Å². The summed E-state index contributed by atoms with van der Waals surface area (Å²) in [7, 11) is 1.62. The third-order valence-corrected chi connectivity index (χ3v) is 2.68. The average molecular weight is 261 g/mol. The number of rotatable bonds is 5. The molecule has 0 heterocycles. The zero-order valence-corrected chi connectivity index (χ0v) is 10.7. The van der Waals surface area contributed by atoms with Gasteiger partial charge in [0, 0.05) is 5.69 Å². The van der Waals surface area contributed by atoms with Crippen molar-refractivity contribution < 1.29 is 13.9 Å². The Kier molecular flexibility index (Phi) is 4.36. The Labute approximate surface area is 111 Å². The summed E-state index contributed by atoms with van der Waals surface area (Å²) in [6.45, 7) is 0.786. The summed E-state index contributed by atoms with van der Waals surface area (Å²) in [6, 6.07) is 12.0. The predicted octanol–water partition coefficient (Wildman–Crippen LogP) is 3.13. The lowest BCUT2D eigenvalue weighted by Crippen LogP contribution is -1.97. The smallest absolute Gasteiger partial charge is 0.125 e. The van der Waals surface area contributed by atoms with E-state index in [4.69, 9.17) is 15.2 Å². The van der Waals surface area contributed by atoms with Gasteiger partial charge >= 0.3 is 0 Å². The minimum Gasteiger partial charge on any atom is -0.497 e. The summed E-state index contributed by atoms with van der Waals surface area (Å²) in [5.41, 5.74) is 7.73. The fraction of sp³-hybridized carbons (Fsp3) is 0.200. The molecule has 19 heavy (non-hydrogen) atoms. The molecule has 0 saturated heterocycles. The summed E-state index contributed by atoms with van der Waals surface area (Å²) < 4.78 is 23.7. The van der Waals surface area contributed by atoms with E-state index < -0.39 is 0 Å². The van der Waals surface area contributed by atoms with Crippen molar-refractivity contribution >= 4 is 5.69 Å². The third-order valence-electron chi connectivity index (χ3n) is 2.68. The fourth-order valence-corrected chi connectivity index (χ4v) is 1.77. The van der Waals surface area contributed by atoms with Gasteiger partial charge in [0.25, 0.3) is 0 Å². The molecule has 2 aromatic rings. The van der Waals surface area contributed by atoms with Gasteiger partial charge in [-0.15, -0.1) is 0 Å². The van der Waals surface area contributed by atoms with Crippen molar-refractivity contribution in [1.82, 2.24) is 0 Å². The van der Waals surface area contributed by atoms with Crippen LogP contribution in [0.2, 0.25) is 0 Å². The second kappa shape index (κ2) is 6.20. The Morgan fingerprint density at radius 1 is 1.00 bits per heavy atom. The maximum absolute atomic E-state index is 13.1. The molecule has 2 aromatic carbocycles. The molecule has 0 aliphatic heterocycles. The lowest BCUT2D eigenvalue weighted by molar-refractivity contribution is 0.107. The van der Waals surface area contributed by atoms with Crippen molar-refractivity contribution in [2.75, 3.05) is 12.8 Å². The summed E-state index contributed by atoms with van der Waals surface area (Å²) in [4.78, 5) is 0. The first-order valence-electron chi connectivity index (χ1n) is 5.93. The molecule has 4 heteroatoms. The zero-order chi connectivity index (χ0) is 13.7. The molecule has 2 rings (SSSR count). The second-order valence-electron chi connectivity index (χ2n) is 4.23. The minimum absolute atomic E-state index is 0.327. The Bertz CT molecular complexity index is 520. The summed E-state index contributed by atoms with van der Waals surface area (Å²) in [5, 5.41) is 0. The van der Waals surface area contributed by atoms with E-state index >= 15 is 0 Å². The van der Waals surface area contributed by atoms with Crippen molar-refractivity contribution in [2.45, 2.75) is 13.2 Å². The number of halogens is 1.